The molecule has 2 rings (SSSR count). The van der Waals surface area contributed by atoms with Gasteiger partial charge in [-0.1, -0.05) is 23.7 Å². The second-order valence-corrected chi connectivity index (χ2v) is 7.06. The maximum Gasteiger partial charge on any atom is 0.0516 e. The van der Waals surface area contributed by atoms with Gasteiger partial charge in [0.2, 0.25) is 0 Å². The van der Waals surface area contributed by atoms with Gasteiger partial charge in [-0.05, 0) is 36.8 Å². The van der Waals surface area contributed by atoms with E-state index in [0.717, 1.165) is 10.8 Å². The topological polar surface area (TPSA) is 26.0 Å². The molecule has 0 radical (unpaired) electrons. The lowest BCUT2D eigenvalue weighted by atomic mass is 10.2. The van der Waals surface area contributed by atoms with Crippen molar-refractivity contribution in [2.75, 3.05) is 6.54 Å². The lowest BCUT2D eigenvalue weighted by Gasteiger charge is -2.12. The predicted octanol–water partition coefficient (Wildman–Crippen LogP) is 4.64. The van der Waals surface area contributed by atoms with Crippen LogP contribution in [0.1, 0.15) is 20.6 Å². The average molecular weight is 298 g/mol. The quantitative estimate of drug-likeness (QED) is 0.870. The van der Waals surface area contributed by atoms with Crippen molar-refractivity contribution < 1.29 is 0 Å². The van der Waals surface area contributed by atoms with E-state index in [2.05, 4.69) is 31.2 Å². The summed E-state index contributed by atoms with van der Waals surface area (Å²) < 4.78 is 0. The molecule has 1 unspecified atom stereocenters. The smallest absolute Gasteiger partial charge is 0.0516 e. The Balaban J connectivity index is 1.97. The molecule has 1 aromatic heterocycles. The van der Waals surface area contributed by atoms with E-state index in [1.54, 1.807) is 0 Å². The van der Waals surface area contributed by atoms with Crippen molar-refractivity contribution in [3.8, 4) is 0 Å². The number of rotatable bonds is 5. The first-order valence-corrected chi connectivity index (χ1v) is 8.06. The summed E-state index contributed by atoms with van der Waals surface area (Å²) in [7, 11) is 0. The summed E-state index contributed by atoms with van der Waals surface area (Å²) in [6.07, 6.45) is 0. The van der Waals surface area contributed by atoms with Crippen molar-refractivity contribution >= 4 is 34.7 Å². The highest BCUT2D eigenvalue weighted by atomic mass is 35.5. The van der Waals surface area contributed by atoms with Crippen molar-refractivity contribution in [2.24, 2.45) is 5.73 Å². The Morgan fingerprint density at radius 3 is 2.50 bits per heavy atom. The molecule has 1 heterocycles. The van der Waals surface area contributed by atoms with Gasteiger partial charge >= 0.3 is 0 Å². The largest absolute Gasteiger partial charge is 0.329 e. The minimum absolute atomic E-state index is 0.388. The fourth-order valence-corrected chi connectivity index (χ4v) is 3.98. The van der Waals surface area contributed by atoms with Crippen LogP contribution in [0.2, 0.25) is 5.02 Å². The molecule has 0 bridgehead atoms. The molecule has 2 N–H and O–H groups in total. The Morgan fingerprint density at radius 2 is 1.94 bits per heavy atom. The summed E-state index contributed by atoms with van der Waals surface area (Å²) in [4.78, 5) is 2.71. The maximum atomic E-state index is 5.88. The third-order valence-corrected chi connectivity index (χ3v) is 5.52. The number of nitrogens with two attached hydrogens (primary N) is 1. The third kappa shape index (κ3) is 3.75. The molecule has 4 heteroatoms. The van der Waals surface area contributed by atoms with E-state index >= 15 is 0 Å². The molecule has 0 aliphatic carbocycles. The van der Waals surface area contributed by atoms with Gasteiger partial charge in [-0.25, -0.2) is 0 Å². The Bertz CT molecular complexity index is 493. The van der Waals surface area contributed by atoms with Crippen LogP contribution in [0.25, 0.3) is 0 Å². The standard InChI is InChI=1S/C14H16ClNS2/c1-10-2-7-13(18-10)14(8-16)17-9-11-3-5-12(15)6-4-11/h2-7,14H,8-9,16H2,1H3. The highest BCUT2D eigenvalue weighted by Crippen LogP contribution is 2.34. The first kappa shape index (κ1) is 13.9. The van der Waals surface area contributed by atoms with Crippen molar-refractivity contribution in [3.05, 3.63) is 56.7 Å². The lowest BCUT2D eigenvalue weighted by Crippen LogP contribution is -2.08. The van der Waals surface area contributed by atoms with Gasteiger partial charge in [0.05, 0.1) is 5.25 Å². The van der Waals surface area contributed by atoms with E-state index in [1.807, 2.05) is 35.2 Å². The van der Waals surface area contributed by atoms with Crippen LogP contribution >= 0.6 is 34.7 Å². The summed E-state index contributed by atoms with van der Waals surface area (Å²) in [5.74, 6) is 0.968. The van der Waals surface area contributed by atoms with Gasteiger partial charge in [0, 0.05) is 27.1 Å². The monoisotopic (exact) mass is 297 g/mol. The van der Waals surface area contributed by atoms with E-state index in [-0.39, 0.29) is 0 Å². The maximum absolute atomic E-state index is 5.88. The second-order valence-electron chi connectivity index (χ2n) is 4.11. The van der Waals surface area contributed by atoms with E-state index in [1.165, 1.54) is 15.3 Å². The SMILES string of the molecule is Cc1ccc(C(CN)SCc2ccc(Cl)cc2)s1. The molecule has 18 heavy (non-hydrogen) atoms. The van der Waals surface area contributed by atoms with Crippen LogP contribution in [0.5, 0.6) is 0 Å². The van der Waals surface area contributed by atoms with E-state index in [4.69, 9.17) is 17.3 Å². The number of hydrogen-bond acceptors (Lipinski definition) is 3. The molecule has 0 saturated carbocycles. The van der Waals surface area contributed by atoms with Gasteiger partial charge in [-0.3, -0.25) is 0 Å². The van der Waals surface area contributed by atoms with Crippen LogP contribution in [0, 0.1) is 6.92 Å². The van der Waals surface area contributed by atoms with Crippen LogP contribution in [0.3, 0.4) is 0 Å². The Kier molecular flexibility index (Phi) is 5.13. The van der Waals surface area contributed by atoms with E-state index in [0.29, 0.717) is 11.8 Å². The Labute approximate surface area is 121 Å². The zero-order valence-corrected chi connectivity index (χ0v) is 12.6. The number of benzene rings is 1. The van der Waals surface area contributed by atoms with Crippen molar-refractivity contribution in [2.45, 2.75) is 17.9 Å². The summed E-state index contributed by atoms with van der Waals surface area (Å²) in [6, 6.07) is 12.4. The second kappa shape index (κ2) is 6.62. The number of thioether (sulfide) groups is 1. The average Bonchev–Trinajstić information content (AvgIpc) is 2.79. The zero-order valence-electron chi connectivity index (χ0n) is 10.2. The van der Waals surface area contributed by atoms with Crippen molar-refractivity contribution in [3.63, 3.8) is 0 Å². The van der Waals surface area contributed by atoms with E-state index in [9.17, 15) is 0 Å². The van der Waals surface area contributed by atoms with Gasteiger partial charge in [0.25, 0.3) is 0 Å². The molecule has 1 aromatic carbocycles. The van der Waals surface area contributed by atoms with Crippen molar-refractivity contribution in [1.29, 1.82) is 0 Å². The minimum Gasteiger partial charge on any atom is -0.329 e. The van der Waals surface area contributed by atoms with Crippen LogP contribution < -0.4 is 5.73 Å². The van der Waals surface area contributed by atoms with E-state index < -0.39 is 0 Å². The molecule has 2 aromatic rings. The molecular formula is C14H16ClNS2. The summed E-state index contributed by atoms with van der Waals surface area (Å²) >= 11 is 9.60. The molecule has 96 valence electrons. The van der Waals surface area contributed by atoms with Gasteiger partial charge in [-0.2, -0.15) is 0 Å². The normalized spacial score (nSPS) is 12.6. The molecule has 0 spiro atoms. The summed E-state index contributed by atoms with van der Waals surface area (Å²) in [5, 5.41) is 1.17. The highest BCUT2D eigenvalue weighted by molar-refractivity contribution is 7.98. The van der Waals surface area contributed by atoms with Gasteiger partial charge in [-0.15, -0.1) is 23.1 Å². The molecule has 1 atom stereocenters. The fourth-order valence-electron chi connectivity index (χ4n) is 1.67. The lowest BCUT2D eigenvalue weighted by molar-refractivity contribution is 0.960. The predicted molar refractivity (Wildman–Crippen MR) is 83.6 cm³/mol. The minimum atomic E-state index is 0.388. The van der Waals surface area contributed by atoms with Gasteiger partial charge in [0.15, 0.2) is 0 Å². The first-order chi connectivity index (χ1) is 8.69. The molecule has 0 saturated heterocycles. The number of hydrogen-bond donors (Lipinski definition) is 1. The zero-order chi connectivity index (χ0) is 13.0. The van der Waals surface area contributed by atoms with Crippen molar-refractivity contribution in [1.82, 2.24) is 0 Å². The molecule has 0 fully saturated rings. The number of aryl methyl sites for hydroxylation is 1. The first-order valence-electron chi connectivity index (χ1n) is 5.81. The number of halogens is 1. The Morgan fingerprint density at radius 1 is 1.22 bits per heavy atom. The highest BCUT2D eigenvalue weighted by Gasteiger charge is 2.12. The van der Waals surface area contributed by atoms with Crippen LogP contribution in [-0.4, -0.2) is 6.54 Å². The van der Waals surface area contributed by atoms with Crippen LogP contribution in [0.15, 0.2) is 36.4 Å². The van der Waals surface area contributed by atoms with Crippen LogP contribution in [0.4, 0.5) is 0 Å². The fraction of sp³-hybridized carbons (Fsp3) is 0.286. The summed E-state index contributed by atoms with van der Waals surface area (Å²) in [6.45, 7) is 2.81. The molecule has 0 aliphatic rings. The molecule has 1 nitrogen and oxygen atoms in total. The summed E-state index contributed by atoms with van der Waals surface area (Å²) in [5.41, 5.74) is 7.16. The Hall–Kier alpha value is -0.480. The number of thiophene rings is 1. The van der Waals surface area contributed by atoms with Crippen LogP contribution in [-0.2, 0) is 5.75 Å². The van der Waals surface area contributed by atoms with Gasteiger partial charge < -0.3 is 5.73 Å². The molecule has 0 aliphatic heterocycles. The molecular weight excluding hydrogens is 282 g/mol. The molecule has 0 amide bonds. The van der Waals surface area contributed by atoms with Gasteiger partial charge in [0.1, 0.15) is 0 Å². The third-order valence-electron chi connectivity index (χ3n) is 2.66.